The molecule has 2 saturated heterocycles. The molecule has 0 aliphatic carbocycles. The number of piperidine rings is 1. The highest BCUT2D eigenvalue weighted by atomic mass is 127. The van der Waals surface area contributed by atoms with Crippen LogP contribution < -0.4 is 10.2 Å². The first-order valence-corrected chi connectivity index (χ1v) is 10.2. The Morgan fingerprint density at radius 1 is 1.15 bits per heavy atom. The minimum absolute atomic E-state index is 0. The van der Waals surface area contributed by atoms with Crippen LogP contribution in [0.3, 0.4) is 0 Å². The van der Waals surface area contributed by atoms with E-state index in [4.69, 9.17) is 11.6 Å². The van der Waals surface area contributed by atoms with Crippen molar-refractivity contribution in [1.29, 1.82) is 0 Å². The van der Waals surface area contributed by atoms with Crippen LogP contribution in [-0.4, -0.2) is 75.7 Å². The monoisotopic (exact) mass is 505 g/mol. The van der Waals surface area contributed by atoms with E-state index in [9.17, 15) is 0 Å². The molecule has 0 aromatic heterocycles. The van der Waals surface area contributed by atoms with E-state index >= 15 is 0 Å². The number of aliphatic imine (C=N–C) groups is 1. The summed E-state index contributed by atoms with van der Waals surface area (Å²) in [5, 5.41) is 4.39. The molecule has 0 saturated carbocycles. The molecule has 1 aromatic rings. The zero-order valence-corrected chi connectivity index (χ0v) is 19.6. The van der Waals surface area contributed by atoms with Crippen molar-refractivity contribution in [3.05, 3.63) is 29.3 Å². The fraction of sp³-hybridized carbons (Fsp3) is 0.650. The van der Waals surface area contributed by atoms with E-state index < -0.39 is 0 Å². The average molecular weight is 506 g/mol. The van der Waals surface area contributed by atoms with E-state index in [-0.39, 0.29) is 24.0 Å². The van der Waals surface area contributed by atoms with Gasteiger partial charge in [0.15, 0.2) is 5.96 Å². The van der Waals surface area contributed by atoms with Crippen molar-refractivity contribution in [1.82, 2.24) is 15.1 Å². The van der Waals surface area contributed by atoms with Crippen molar-refractivity contribution in [2.24, 2.45) is 10.9 Å². The molecule has 1 N–H and O–H groups in total. The first-order chi connectivity index (χ1) is 12.7. The van der Waals surface area contributed by atoms with Crippen LogP contribution in [0.2, 0.25) is 5.02 Å². The van der Waals surface area contributed by atoms with Crippen LogP contribution in [0.5, 0.6) is 0 Å². The normalized spacial score (nSPS) is 19.7. The Balaban J connectivity index is 0.00000261. The summed E-state index contributed by atoms with van der Waals surface area (Å²) in [7, 11) is 4.11. The molecule has 7 heteroatoms. The Bertz CT molecular complexity index is 596. The second-order valence-corrected chi connectivity index (χ2v) is 7.90. The van der Waals surface area contributed by atoms with Gasteiger partial charge in [0.05, 0.1) is 0 Å². The Morgan fingerprint density at radius 2 is 1.85 bits per heavy atom. The van der Waals surface area contributed by atoms with Gasteiger partial charge in [-0.3, -0.25) is 4.99 Å². The van der Waals surface area contributed by atoms with Crippen molar-refractivity contribution in [2.75, 3.05) is 64.8 Å². The lowest BCUT2D eigenvalue weighted by atomic mass is 9.94. The number of rotatable bonds is 4. The summed E-state index contributed by atoms with van der Waals surface area (Å²) in [6, 6.07) is 8.13. The zero-order chi connectivity index (χ0) is 18.4. The van der Waals surface area contributed by atoms with E-state index in [1.54, 1.807) is 0 Å². The Kier molecular flexibility index (Phi) is 9.45. The van der Waals surface area contributed by atoms with Gasteiger partial charge in [-0.25, -0.2) is 0 Å². The molecular weight excluding hydrogens is 473 g/mol. The van der Waals surface area contributed by atoms with Crippen molar-refractivity contribution < 1.29 is 0 Å². The third kappa shape index (κ3) is 6.68. The highest BCUT2D eigenvalue weighted by Gasteiger charge is 2.21. The quantitative estimate of drug-likeness (QED) is 0.386. The third-order valence-corrected chi connectivity index (χ3v) is 5.87. The number of likely N-dealkylation sites (tertiary alicyclic amines) is 1. The van der Waals surface area contributed by atoms with Crippen LogP contribution in [0, 0.1) is 5.92 Å². The molecule has 2 heterocycles. The van der Waals surface area contributed by atoms with Gasteiger partial charge in [0.25, 0.3) is 0 Å². The molecule has 152 valence electrons. The molecule has 0 unspecified atom stereocenters. The van der Waals surface area contributed by atoms with E-state index in [1.807, 2.05) is 25.2 Å². The predicted molar refractivity (Wildman–Crippen MR) is 127 cm³/mol. The summed E-state index contributed by atoms with van der Waals surface area (Å²) in [5.41, 5.74) is 1.21. The number of anilines is 1. The van der Waals surface area contributed by atoms with E-state index in [0.29, 0.717) is 0 Å². The average Bonchev–Trinajstić information content (AvgIpc) is 2.67. The third-order valence-electron chi connectivity index (χ3n) is 5.64. The molecule has 2 aliphatic rings. The molecule has 0 spiro atoms. The van der Waals surface area contributed by atoms with Gasteiger partial charge in [-0.05, 0) is 63.5 Å². The van der Waals surface area contributed by atoms with Gasteiger partial charge < -0.3 is 20.0 Å². The minimum atomic E-state index is 0. The smallest absolute Gasteiger partial charge is 0.193 e. The van der Waals surface area contributed by atoms with Crippen molar-refractivity contribution in [2.45, 2.75) is 19.3 Å². The summed E-state index contributed by atoms with van der Waals surface area (Å²) in [6.45, 7) is 7.47. The van der Waals surface area contributed by atoms with Crippen LogP contribution in [0.15, 0.2) is 29.3 Å². The maximum absolute atomic E-state index is 6.13. The molecule has 27 heavy (non-hydrogen) atoms. The molecule has 0 atom stereocenters. The second kappa shape index (κ2) is 11.3. The van der Waals surface area contributed by atoms with Crippen LogP contribution >= 0.6 is 35.6 Å². The number of halogens is 2. The van der Waals surface area contributed by atoms with Crippen LogP contribution in [0.25, 0.3) is 0 Å². The zero-order valence-electron chi connectivity index (χ0n) is 16.5. The minimum Gasteiger partial charge on any atom is -0.368 e. The van der Waals surface area contributed by atoms with E-state index in [2.05, 4.69) is 38.1 Å². The Morgan fingerprint density at radius 3 is 2.48 bits per heavy atom. The molecule has 5 nitrogen and oxygen atoms in total. The van der Waals surface area contributed by atoms with Crippen LogP contribution in [-0.2, 0) is 0 Å². The molecular formula is C20H33ClIN5. The highest BCUT2D eigenvalue weighted by Crippen LogP contribution is 2.21. The number of hydrogen-bond acceptors (Lipinski definition) is 3. The number of nitrogens with one attached hydrogen (secondary N) is 1. The first kappa shape index (κ1) is 22.6. The number of hydrogen-bond donors (Lipinski definition) is 1. The summed E-state index contributed by atoms with van der Waals surface area (Å²) < 4.78 is 0. The second-order valence-electron chi connectivity index (χ2n) is 7.46. The first-order valence-electron chi connectivity index (χ1n) is 9.80. The molecule has 0 bridgehead atoms. The van der Waals surface area contributed by atoms with Gasteiger partial charge in [0.2, 0.25) is 0 Å². The summed E-state index contributed by atoms with van der Waals surface area (Å²) >= 11 is 6.13. The molecule has 0 radical (unpaired) electrons. The van der Waals surface area contributed by atoms with Gasteiger partial charge >= 0.3 is 0 Å². The maximum atomic E-state index is 6.13. The Hall–Kier alpha value is -0.730. The van der Waals surface area contributed by atoms with Gasteiger partial charge in [-0.2, -0.15) is 0 Å². The summed E-state index contributed by atoms with van der Waals surface area (Å²) in [4.78, 5) is 11.7. The SMILES string of the molecule is CN=C(NCCC1CCN(C)CC1)N1CCN(c2cccc(Cl)c2)CC1.I. The number of nitrogens with zero attached hydrogens (tertiary/aromatic N) is 4. The van der Waals surface area contributed by atoms with E-state index in [0.717, 1.165) is 49.6 Å². The van der Waals surface area contributed by atoms with Crippen molar-refractivity contribution in [3.8, 4) is 0 Å². The maximum Gasteiger partial charge on any atom is 0.193 e. The number of guanidine groups is 1. The number of benzene rings is 1. The molecule has 2 fully saturated rings. The summed E-state index contributed by atoms with van der Waals surface area (Å²) in [6.07, 6.45) is 3.90. The van der Waals surface area contributed by atoms with Crippen molar-refractivity contribution in [3.63, 3.8) is 0 Å². The lowest BCUT2D eigenvalue weighted by molar-refractivity contribution is 0.212. The topological polar surface area (TPSA) is 34.1 Å². The standard InChI is InChI=1S/C20H32ClN5.HI/c1-22-20(23-9-6-17-7-10-24(2)11-8-17)26-14-12-25(13-15-26)19-5-3-4-18(21)16-19;/h3-5,16-17H,6-15H2,1-2H3,(H,22,23);1H. The van der Waals surface area contributed by atoms with Gasteiger partial charge in [-0.15, -0.1) is 24.0 Å². The molecule has 3 rings (SSSR count). The van der Waals surface area contributed by atoms with Crippen molar-refractivity contribution >= 4 is 47.2 Å². The largest absolute Gasteiger partial charge is 0.368 e. The lowest BCUT2D eigenvalue weighted by Gasteiger charge is -2.38. The predicted octanol–water partition coefficient (Wildman–Crippen LogP) is 3.39. The Labute approximate surface area is 186 Å². The lowest BCUT2D eigenvalue weighted by Crippen LogP contribution is -2.52. The molecule has 0 amide bonds. The number of piperazine rings is 1. The summed E-state index contributed by atoms with van der Waals surface area (Å²) in [5.74, 6) is 1.90. The van der Waals surface area contributed by atoms with Gasteiger partial charge in [0.1, 0.15) is 0 Å². The van der Waals surface area contributed by atoms with E-state index in [1.165, 1.54) is 38.0 Å². The highest BCUT2D eigenvalue weighted by molar-refractivity contribution is 14.0. The molecule has 2 aliphatic heterocycles. The molecule has 1 aromatic carbocycles. The van der Waals surface area contributed by atoms with Gasteiger partial charge in [-0.1, -0.05) is 17.7 Å². The van der Waals surface area contributed by atoms with Crippen LogP contribution in [0.4, 0.5) is 5.69 Å². The van der Waals surface area contributed by atoms with Crippen LogP contribution in [0.1, 0.15) is 19.3 Å². The fourth-order valence-electron chi connectivity index (χ4n) is 3.92. The van der Waals surface area contributed by atoms with Gasteiger partial charge in [0, 0.05) is 50.5 Å². The fourth-order valence-corrected chi connectivity index (χ4v) is 4.10.